The molecular weight excluding hydrogens is 268 g/mol. The summed E-state index contributed by atoms with van der Waals surface area (Å²) in [6, 6.07) is -0.485. The van der Waals surface area contributed by atoms with Crippen LogP contribution < -0.4 is 5.73 Å². The fourth-order valence-electron chi connectivity index (χ4n) is 3.12. The summed E-state index contributed by atoms with van der Waals surface area (Å²) >= 11 is 0. The molecule has 2 amide bonds. The van der Waals surface area contributed by atoms with E-state index in [9.17, 15) is 18.4 Å². The van der Waals surface area contributed by atoms with Gasteiger partial charge in [-0.3, -0.25) is 14.5 Å². The van der Waals surface area contributed by atoms with Crippen LogP contribution in [0.2, 0.25) is 0 Å². The van der Waals surface area contributed by atoms with Gasteiger partial charge in [0.25, 0.3) is 6.43 Å². The molecule has 0 unspecified atom stereocenters. The standard InChI is InChI=1S/C13H21F2N3O2/c14-11(15)8-17-6-3-9(4-7-17)13(20)18-5-1-2-10(18)12(16)19/h9-11H,1-8H2,(H2,16,19)/t10-/m0/s1. The van der Waals surface area contributed by atoms with Gasteiger partial charge in [-0.15, -0.1) is 0 Å². The Morgan fingerprint density at radius 1 is 1.15 bits per heavy atom. The van der Waals surface area contributed by atoms with Gasteiger partial charge in [0.2, 0.25) is 11.8 Å². The molecule has 0 radical (unpaired) electrons. The molecule has 7 heteroatoms. The average molecular weight is 289 g/mol. The number of primary amides is 1. The van der Waals surface area contributed by atoms with Gasteiger partial charge in [-0.2, -0.15) is 0 Å². The molecule has 1 atom stereocenters. The van der Waals surface area contributed by atoms with Crippen molar-refractivity contribution >= 4 is 11.8 Å². The molecule has 0 saturated carbocycles. The topological polar surface area (TPSA) is 66.6 Å². The Morgan fingerprint density at radius 2 is 1.80 bits per heavy atom. The van der Waals surface area contributed by atoms with Crippen LogP contribution in [0.5, 0.6) is 0 Å². The van der Waals surface area contributed by atoms with E-state index in [1.165, 1.54) is 0 Å². The summed E-state index contributed by atoms with van der Waals surface area (Å²) in [4.78, 5) is 27.0. The van der Waals surface area contributed by atoms with Crippen molar-refractivity contribution < 1.29 is 18.4 Å². The van der Waals surface area contributed by atoms with Crippen molar-refractivity contribution in [2.45, 2.75) is 38.2 Å². The lowest BCUT2D eigenvalue weighted by molar-refractivity contribution is -0.142. The van der Waals surface area contributed by atoms with E-state index >= 15 is 0 Å². The Kier molecular flexibility index (Phi) is 4.91. The zero-order chi connectivity index (χ0) is 14.7. The van der Waals surface area contributed by atoms with Crippen molar-refractivity contribution in [2.24, 2.45) is 11.7 Å². The number of nitrogens with zero attached hydrogens (tertiary/aromatic N) is 2. The third-order valence-corrected chi connectivity index (χ3v) is 4.20. The summed E-state index contributed by atoms with van der Waals surface area (Å²) in [5.41, 5.74) is 5.31. The maximum absolute atomic E-state index is 12.4. The van der Waals surface area contributed by atoms with E-state index in [-0.39, 0.29) is 18.4 Å². The minimum Gasteiger partial charge on any atom is -0.368 e. The number of likely N-dealkylation sites (tertiary alicyclic amines) is 2. The smallest absolute Gasteiger partial charge is 0.251 e. The van der Waals surface area contributed by atoms with Gasteiger partial charge < -0.3 is 10.6 Å². The summed E-state index contributed by atoms with van der Waals surface area (Å²) in [5, 5.41) is 0. The molecule has 2 rings (SSSR count). The number of amides is 2. The normalized spacial score (nSPS) is 25.4. The third-order valence-electron chi connectivity index (χ3n) is 4.20. The number of hydrogen-bond donors (Lipinski definition) is 1. The molecule has 0 aromatic heterocycles. The molecule has 2 aliphatic heterocycles. The molecule has 114 valence electrons. The number of rotatable bonds is 4. The lowest BCUT2D eigenvalue weighted by Crippen LogP contribution is -2.48. The summed E-state index contributed by atoms with van der Waals surface area (Å²) in [7, 11) is 0. The molecule has 0 aromatic carbocycles. The number of alkyl halides is 2. The van der Waals surface area contributed by atoms with E-state index in [0.717, 1.165) is 6.42 Å². The second-order valence-corrected chi connectivity index (χ2v) is 5.56. The molecule has 2 N–H and O–H groups in total. The maximum Gasteiger partial charge on any atom is 0.251 e. The predicted octanol–water partition coefficient (Wildman–Crippen LogP) is 0.440. The van der Waals surface area contributed by atoms with Gasteiger partial charge in [0.05, 0.1) is 6.54 Å². The molecule has 5 nitrogen and oxygen atoms in total. The van der Waals surface area contributed by atoms with Crippen molar-refractivity contribution in [1.82, 2.24) is 9.80 Å². The van der Waals surface area contributed by atoms with Crippen LogP contribution in [-0.4, -0.2) is 60.3 Å². The second kappa shape index (κ2) is 6.47. The summed E-state index contributed by atoms with van der Waals surface area (Å²) in [5.74, 6) is -0.655. The van der Waals surface area contributed by atoms with Crippen LogP contribution in [-0.2, 0) is 9.59 Å². The zero-order valence-electron chi connectivity index (χ0n) is 11.4. The van der Waals surface area contributed by atoms with E-state index in [1.54, 1.807) is 9.80 Å². The van der Waals surface area contributed by atoms with E-state index in [4.69, 9.17) is 5.73 Å². The summed E-state index contributed by atoms with van der Waals surface area (Å²) in [6.07, 6.45) is 0.246. The number of carbonyl (C=O) groups is 2. The molecular formula is C13H21F2N3O2. The molecule has 2 saturated heterocycles. The van der Waals surface area contributed by atoms with Crippen LogP contribution in [0.15, 0.2) is 0 Å². The van der Waals surface area contributed by atoms with E-state index in [1.807, 2.05) is 0 Å². The number of carbonyl (C=O) groups excluding carboxylic acids is 2. The van der Waals surface area contributed by atoms with Crippen molar-refractivity contribution in [3.05, 3.63) is 0 Å². The molecule has 0 spiro atoms. The molecule has 20 heavy (non-hydrogen) atoms. The highest BCUT2D eigenvalue weighted by Gasteiger charge is 2.37. The Balaban J connectivity index is 1.87. The Morgan fingerprint density at radius 3 is 2.35 bits per heavy atom. The van der Waals surface area contributed by atoms with Crippen LogP contribution in [0.3, 0.4) is 0 Å². The number of halogens is 2. The lowest BCUT2D eigenvalue weighted by Gasteiger charge is -2.34. The highest BCUT2D eigenvalue weighted by atomic mass is 19.3. The van der Waals surface area contributed by atoms with Crippen LogP contribution >= 0.6 is 0 Å². The van der Waals surface area contributed by atoms with E-state index in [2.05, 4.69) is 0 Å². The first-order chi connectivity index (χ1) is 9.49. The van der Waals surface area contributed by atoms with E-state index in [0.29, 0.717) is 38.9 Å². The van der Waals surface area contributed by atoms with Crippen molar-refractivity contribution in [3.63, 3.8) is 0 Å². The number of hydrogen-bond acceptors (Lipinski definition) is 3. The van der Waals surface area contributed by atoms with Gasteiger partial charge in [0.15, 0.2) is 0 Å². The van der Waals surface area contributed by atoms with Gasteiger partial charge in [0.1, 0.15) is 6.04 Å². The lowest BCUT2D eigenvalue weighted by atomic mass is 9.95. The third kappa shape index (κ3) is 3.45. The fourth-order valence-corrected chi connectivity index (χ4v) is 3.12. The average Bonchev–Trinajstić information content (AvgIpc) is 2.87. The van der Waals surface area contributed by atoms with Gasteiger partial charge >= 0.3 is 0 Å². The fraction of sp³-hybridized carbons (Fsp3) is 0.846. The Bertz CT molecular complexity index is 371. The first kappa shape index (κ1) is 15.2. The molecule has 2 heterocycles. The first-order valence-corrected chi connectivity index (χ1v) is 7.09. The number of piperidine rings is 1. The van der Waals surface area contributed by atoms with Gasteiger partial charge in [0, 0.05) is 12.5 Å². The van der Waals surface area contributed by atoms with Gasteiger partial charge in [-0.1, -0.05) is 0 Å². The second-order valence-electron chi connectivity index (χ2n) is 5.56. The molecule has 0 bridgehead atoms. The van der Waals surface area contributed by atoms with Crippen LogP contribution in [0, 0.1) is 5.92 Å². The molecule has 0 aromatic rings. The highest BCUT2D eigenvalue weighted by molar-refractivity contribution is 5.88. The van der Waals surface area contributed by atoms with Crippen molar-refractivity contribution in [2.75, 3.05) is 26.2 Å². The van der Waals surface area contributed by atoms with Crippen molar-refractivity contribution in [1.29, 1.82) is 0 Å². The minimum absolute atomic E-state index is 0.0389. The van der Waals surface area contributed by atoms with E-state index < -0.39 is 18.4 Å². The molecule has 2 aliphatic rings. The SMILES string of the molecule is NC(=O)[C@@H]1CCCN1C(=O)C1CCN(CC(F)F)CC1. The summed E-state index contributed by atoms with van der Waals surface area (Å²) in [6.45, 7) is 1.36. The molecule has 2 fully saturated rings. The maximum atomic E-state index is 12.4. The molecule has 0 aliphatic carbocycles. The largest absolute Gasteiger partial charge is 0.368 e. The van der Waals surface area contributed by atoms with Crippen LogP contribution in [0.1, 0.15) is 25.7 Å². The zero-order valence-corrected chi connectivity index (χ0v) is 11.4. The monoisotopic (exact) mass is 289 g/mol. The quantitative estimate of drug-likeness (QED) is 0.816. The Labute approximate surface area is 117 Å². The predicted molar refractivity (Wildman–Crippen MR) is 69.1 cm³/mol. The first-order valence-electron chi connectivity index (χ1n) is 7.09. The Hall–Kier alpha value is -1.24. The summed E-state index contributed by atoms with van der Waals surface area (Å²) < 4.78 is 24.6. The van der Waals surface area contributed by atoms with Crippen LogP contribution in [0.25, 0.3) is 0 Å². The minimum atomic E-state index is -2.33. The van der Waals surface area contributed by atoms with Crippen molar-refractivity contribution in [3.8, 4) is 0 Å². The highest BCUT2D eigenvalue weighted by Crippen LogP contribution is 2.25. The van der Waals surface area contributed by atoms with Gasteiger partial charge in [-0.05, 0) is 38.8 Å². The van der Waals surface area contributed by atoms with Gasteiger partial charge in [-0.25, -0.2) is 8.78 Å². The van der Waals surface area contributed by atoms with Crippen LogP contribution in [0.4, 0.5) is 8.78 Å². The number of nitrogens with two attached hydrogens (primary N) is 1.